The van der Waals surface area contributed by atoms with Gasteiger partial charge in [0, 0.05) is 22.2 Å². The van der Waals surface area contributed by atoms with E-state index in [0.29, 0.717) is 19.3 Å². The van der Waals surface area contributed by atoms with Crippen molar-refractivity contribution in [3.8, 4) is 0 Å². The van der Waals surface area contributed by atoms with Crippen molar-refractivity contribution in [2.24, 2.45) is 22.7 Å². The van der Waals surface area contributed by atoms with Crippen molar-refractivity contribution in [1.29, 1.82) is 0 Å². The third-order valence-corrected chi connectivity index (χ3v) is 7.12. The van der Waals surface area contributed by atoms with Gasteiger partial charge in [-0.25, -0.2) is 0 Å². The van der Waals surface area contributed by atoms with Crippen molar-refractivity contribution in [2.75, 3.05) is 7.11 Å². The molecule has 25 heavy (non-hydrogen) atoms. The molecule has 4 rings (SSSR count). The highest BCUT2D eigenvalue weighted by Gasteiger charge is 2.80. The first-order chi connectivity index (χ1) is 12.0. The number of methoxy groups -OCH3 is 1. The summed E-state index contributed by atoms with van der Waals surface area (Å²) in [5, 5.41) is 0. The van der Waals surface area contributed by atoms with Crippen molar-refractivity contribution in [3.05, 3.63) is 34.3 Å². The molecule has 3 aliphatic rings. The molecule has 0 amide bonds. The Bertz CT molecular complexity index is 755. The Morgan fingerprint density at radius 1 is 1.24 bits per heavy atom. The van der Waals surface area contributed by atoms with Gasteiger partial charge in [-0.3, -0.25) is 14.4 Å². The second-order valence-electron chi connectivity index (χ2n) is 7.70. The quantitative estimate of drug-likeness (QED) is 0.571. The first kappa shape index (κ1) is 17.0. The molecule has 0 aliphatic heterocycles. The number of ether oxygens (including phenoxy) is 1. The fourth-order valence-corrected chi connectivity index (χ4v) is 5.63. The first-order valence-electron chi connectivity index (χ1n) is 8.86. The largest absolute Gasteiger partial charge is 0.468 e. The number of halogens is 1. The second-order valence-corrected chi connectivity index (χ2v) is 8.62. The Morgan fingerprint density at radius 3 is 2.52 bits per heavy atom. The van der Waals surface area contributed by atoms with Crippen LogP contribution in [0.25, 0.3) is 0 Å². The predicted octanol–water partition coefficient (Wildman–Crippen LogP) is 3.50. The van der Waals surface area contributed by atoms with Gasteiger partial charge in [-0.1, -0.05) is 34.5 Å². The Balaban J connectivity index is 1.64. The van der Waals surface area contributed by atoms with Crippen LogP contribution < -0.4 is 0 Å². The number of benzene rings is 1. The zero-order valence-corrected chi connectivity index (χ0v) is 15.8. The highest BCUT2D eigenvalue weighted by molar-refractivity contribution is 9.10. The molecule has 0 unspecified atom stereocenters. The standard InChI is InChI=1S/C20H21BrO4/c1-25-18(24)19(10-12-5-7-13(21)8-6-12)11-14-16(17(19)23)20(14)9-3-2-4-15(20)22/h5-8,14,16H,2-4,9-11H2,1H3/t14-,16-,19+,20-/m0/s1. The third-order valence-electron chi connectivity index (χ3n) is 6.59. The summed E-state index contributed by atoms with van der Waals surface area (Å²) in [6, 6.07) is 7.67. The molecule has 3 aliphatic carbocycles. The summed E-state index contributed by atoms with van der Waals surface area (Å²) in [7, 11) is 1.34. The number of fused-ring (bicyclic) bond motifs is 3. The summed E-state index contributed by atoms with van der Waals surface area (Å²) in [5.41, 5.74) is -0.639. The SMILES string of the molecule is COC(=O)[C@]1(Cc2ccc(Br)cc2)C[C@H]2[C@@H](C1=O)[C@@]21CCCCC1=O. The van der Waals surface area contributed by atoms with Gasteiger partial charge < -0.3 is 4.74 Å². The Kier molecular flexibility index (Phi) is 3.91. The third kappa shape index (κ3) is 2.28. The topological polar surface area (TPSA) is 60.4 Å². The van der Waals surface area contributed by atoms with Crippen molar-refractivity contribution in [3.63, 3.8) is 0 Å². The van der Waals surface area contributed by atoms with Crippen molar-refractivity contribution in [2.45, 2.75) is 38.5 Å². The Morgan fingerprint density at radius 2 is 1.96 bits per heavy atom. The van der Waals surface area contributed by atoms with Gasteiger partial charge in [0.2, 0.25) is 0 Å². The minimum Gasteiger partial charge on any atom is -0.468 e. The van der Waals surface area contributed by atoms with Crippen LogP contribution in [0.4, 0.5) is 0 Å². The van der Waals surface area contributed by atoms with E-state index in [-0.39, 0.29) is 23.4 Å². The summed E-state index contributed by atoms with van der Waals surface area (Å²) in [4.78, 5) is 38.4. The lowest BCUT2D eigenvalue weighted by Gasteiger charge is -2.32. The van der Waals surface area contributed by atoms with Gasteiger partial charge >= 0.3 is 5.97 Å². The van der Waals surface area contributed by atoms with E-state index in [0.717, 1.165) is 29.3 Å². The minimum absolute atomic E-state index is 0.0300. The number of hydrogen-bond acceptors (Lipinski definition) is 4. The van der Waals surface area contributed by atoms with E-state index >= 15 is 0 Å². The maximum atomic E-state index is 13.3. The van der Waals surface area contributed by atoms with E-state index in [9.17, 15) is 14.4 Å². The van der Waals surface area contributed by atoms with Crippen LogP contribution in [0.2, 0.25) is 0 Å². The fraction of sp³-hybridized carbons (Fsp3) is 0.550. The average molecular weight is 405 g/mol. The monoisotopic (exact) mass is 404 g/mol. The van der Waals surface area contributed by atoms with Crippen LogP contribution in [0.5, 0.6) is 0 Å². The molecule has 132 valence electrons. The number of rotatable bonds is 3. The Labute approximate surface area is 155 Å². The molecule has 1 aromatic rings. The fourth-order valence-electron chi connectivity index (χ4n) is 5.37. The second kappa shape index (κ2) is 5.76. The van der Waals surface area contributed by atoms with E-state index in [4.69, 9.17) is 4.74 Å². The predicted molar refractivity (Wildman–Crippen MR) is 94.8 cm³/mol. The molecule has 3 saturated carbocycles. The first-order valence-corrected chi connectivity index (χ1v) is 9.65. The lowest BCUT2D eigenvalue weighted by molar-refractivity contribution is -0.159. The average Bonchev–Trinajstić information content (AvgIpc) is 3.12. The summed E-state index contributed by atoms with van der Waals surface area (Å²) in [6.45, 7) is 0. The van der Waals surface area contributed by atoms with E-state index in [1.807, 2.05) is 24.3 Å². The molecule has 1 aromatic carbocycles. The lowest BCUT2D eigenvalue weighted by Crippen LogP contribution is -2.44. The minimum atomic E-state index is -1.12. The summed E-state index contributed by atoms with van der Waals surface area (Å²) < 4.78 is 5.98. The maximum absolute atomic E-state index is 13.3. The molecule has 4 nitrogen and oxygen atoms in total. The molecule has 0 N–H and O–H groups in total. The number of carbonyl (C=O) groups is 3. The van der Waals surface area contributed by atoms with Crippen LogP contribution in [-0.4, -0.2) is 24.6 Å². The van der Waals surface area contributed by atoms with Gasteiger partial charge in [0.1, 0.15) is 11.2 Å². The number of esters is 1. The molecule has 0 aromatic heterocycles. The van der Waals surface area contributed by atoms with Gasteiger partial charge in [-0.2, -0.15) is 0 Å². The summed E-state index contributed by atoms with van der Waals surface area (Å²) in [6.07, 6.45) is 4.12. The van der Waals surface area contributed by atoms with Gasteiger partial charge in [0.15, 0.2) is 5.78 Å². The number of hydrogen-bond donors (Lipinski definition) is 0. The molecule has 0 bridgehead atoms. The zero-order valence-electron chi connectivity index (χ0n) is 14.2. The van der Waals surface area contributed by atoms with Crippen LogP contribution in [0.3, 0.4) is 0 Å². The van der Waals surface area contributed by atoms with Crippen molar-refractivity contribution >= 4 is 33.5 Å². The van der Waals surface area contributed by atoms with Gasteiger partial charge in [-0.05, 0) is 49.3 Å². The molecule has 4 atom stereocenters. The molecule has 0 radical (unpaired) electrons. The molecule has 0 saturated heterocycles. The van der Waals surface area contributed by atoms with E-state index < -0.39 is 16.8 Å². The normalized spacial score (nSPS) is 36.4. The number of Topliss-reactive ketones (excluding diaryl/α,β-unsaturated/α-hetero) is 2. The van der Waals surface area contributed by atoms with Crippen LogP contribution >= 0.6 is 15.9 Å². The summed E-state index contributed by atoms with van der Waals surface area (Å²) in [5.74, 6) is -0.519. The van der Waals surface area contributed by atoms with Gasteiger partial charge in [-0.15, -0.1) is 0 Å². The van der Waals surface area contributed by atoms with Gasteiger partial charge in [0.05, 0.1) is 7.11 Å². The zero-order chi connectivity index (χ0) is 17.8. The molecule has 0 heterocycles. The smallest absolute Gasteiger partial charge is 0.319 e. The van der Waals surface area contributed by atoms with Crippen molar-refractivity contribution in [1.82, 2.24) is 0 Å². The van der Waals surface area contributed by atoms with Crippen LogP contribution in [0, 0.1) is 22.7 Å². The van der Waals surface area contributed by atoms with E-state index in [2.05, 4.69) is 15.9 Å². The number of ketones is 2. The van der Waals surface area contributed by atoms with Crippen LogP contribution in [0.1, 0.15) is 37.7 Å². The van der Waals surface area contributed by atoms with Crippen LogP contribution in [0.15, 0.2) is 28.7 Å². The lowest BCUT2D eigenvalue weighted by atomic mass is 9.69. The Hall–Kier alpha value is -1.49. The molecule has 5 heteroatoms. The maximum Gasteiger partial charge on any atom is 0.319 e. The molecular weight excluding hydrogens is 384 g/mol. The molecule has 3 fully saturated rings. The van der Waals surface area contributed by atoms with Crippen LogP contribution in [-0.2, 0) is 25.5 Å². The summed E-state index contributed by atoms with van der Waals surface area (Å²) >= 11 is 3.40. The molecule has 1 spiro atoms. The van der Waals surface area contributed by atoms with E-state index in [1.54, 1.807) is 0 Å². The van der Waals surface area contributed by atoms with Crippen molar-refractivity contribution < 1.29 is 19.1 Å². The van der Waals surface area contributed by atoms with E-state index in [1.165, 1.54) is 7.11 Å². The number of carbonyl (C=O) groups excluding carboxylic acids is 3. The molecular formula is C20H21BrO4. The van der Waals surface area contributed by atoms with Gasteiger partial charge in [0.25, 0.3) is 0 Å². The highest BCUT2D eigenvalue weighted by atomic mass is 79.9. The highest BCUT2D eigenvalue weighted by Crippen LogP contribution is 2.74.